The van der Waals surface area contributed by atoms with Crippen LogP contribution in [0.4, 0.5) is 0 Å². The standard InChI is InChI=1S/C6H13OP/c1-3-6(2)4-5-8-7/h6H,3-5H2,1-2H3. The van der Waals surface area contributed by atoms with E-state index in [1.54, 1.807) is 0 Å². The lowest BCUT2D eigenvalue weighted by Crippen LogP contribution is -1.91. The smallest absolute Gasteiger partial charge is 0.155 e. The Kier molecular flexibility index (Phi) is 5.31. The van der Waals surface area contributed by atoms with Gasteiger partial charge in [-0.05, 0) is 12.3 Å². The Morgan fingerprint density at radius 3 is 2.62 bits per heavy atom. The minimum Gasteiger partial charge on any atom is -0.275 e. The van der Waals surface area contributed by atoms with Gasteiger partial charge in [0.25, 0.3) is 0 Å². The second-order valence-electron chi connectivity index (χ2n) is 2.15. The maximum Gasteiger partial charge on any atom is 0.155 e. The maximum atomic E-state index is 9.92. The molecule has 0 aromatic rings. The summed E-state index contributed by atoms with van der Waals surface area (Å²) >= 11 is 0. The molecule has 0 aromatic carbocycles. The number of hydrogen-bond acceptors (Lipinski definition) is 1. The molecule has 0 aromatic heterocycles. The first-order valence-electron chi connectivity index (χ1n) is 3.10. The van der Waals surface area contributed by atoms with E-state index in [0.29, 0.717) is 8.46 Å². The first-order chi connectivity index (χ1) is 3.81. The topological polar surface area (TPSA) is 17.1 Å². The molecule has 0 saturated carbocycles. The zero-order valence-electron chi connectivity index (χ0n) is 5.55. The normalized spacial score (nSPS) is 14.2. The van der Waals surface area contributed by atoms with E-state index in [-0.39, 0.29) is 0 Å². The molecule has 0 fully saturated rings. The molecule has 0 heterocycles. The summed E-state index contributed by atoms with van der Waals surface area (Å²) in [7, 11) is 0.299. The lowest BCUT2D eigenvalue weighted by molar-refractivity contribution is 0.539. The Balaban J connectivity index is 2.97. The minimum absolute atomic E-state index is 0.299. The molecule has 1 unspecified atom stereocenters. The van der Waals surface area contributed by atoms with Gasteiger partial charge in [-0.1, -0.05) is 20.3 Å². The molecule has 0 N–H and O–H groups in total. The van der Waals surface area contributed by atoms with Crippen molar-refractivity contribution in [2.45, 2.75) is 26.7 Å². The van der Waals surface area contributed by atoms with E-state index in [0.717, 1.165) is 18.5 Å². The van der Waals surface area contributed by atoms with Gasteiger partial charge >= 0.3 is 0 Å². The summed E-state index contributed by atoms with van der Waals surface area (Å²) in [5.74, 6) is 0.747. The van der Waals surface area contributed by atoms with Crippen LogP contribution in [0, 0.1) is 5.92 Å². The second-order valence-corrected chi connectivity index (χ2v) is 2.86. The van der Waals surface area contributed by atoms with Crippen LogP contribution in [-0.4, -0.2) is 6.16 Å². The Bertz CT molecular complexity index is 63.5. The maximum absolute atomic E-state index is 9.92. The van der Waals surface area contributed by atoms with Gasteiger partial charge in [0.05, 0.1) is 0 Å². The van der Waals surface area contributed by atoms with Gasteiger partial charge < -0.3 is 0 Å². The summed E-state index contributed by atoms with van der Waals surface area (Å²) in [5.41, 5.74) is 0. The summed E-state index contributed by atoms with van der Waals surface area (Å²) in [6, 6.07) is 0. The van der Waals surface area contributed by atoms with Gasteiger partial charge in [-0.25, -0.2) is 0 Å². The quantitative estimate of drug-likeness (QED) is 0.537. The van der Waals surface area contributed by atoms with Crippen LogP contribution in [0.15, 0.2) is 0 Å². The van der Waals surface area contributed by atoms with Crippen molar-refractivity contribution < 1.29 is 4.57 Å². The molecule has 0 aliphatic heterocycles. The van der Waals surface area contributed by atoms with Crippen molar-refractivity contribution >= 4 is 8.46 Å². The SMILES string of the molecule is CCC(C)CCP=O. The van der Waals surface area contributed by atoms with Gasteiger partial charge in [0, 0.05) is 6.16 Å². The van der Waals surface area contributed by atoms with E-state index in [1.165, 1.54) is 6.42 Å². The van der Waals surface area contributed by atoms with Crippen molar-refractivity contribution in [2.75, 3.05) is 6.16 Å². The van der Waals surface area contributed by atoms with Crippen LogP contribution < -0.4 is 0 Å². The Morgan fingerprint density at radius 2 is 2.25 bits per heavy atom. The van der Waals surface area contributed by atoms with E-state index >= 15 is 0 Å². The Hall–Kier alpha value is 0.100. The van der Waals surface area contributed by atoms with Gasteiger partial charge in [-0.3, -0.25) is 4.57 Å². The predicted molar refractivity (Wildman–Crippen MR) is 36.5 cm³/mol. The molecule has 0 radical (unpaired) electrons. The highest BCUT2D eigenvalue weighted by Crippen LogP contribution is 2.09. The molecule has 0 amide bonds. The molecular weight excluding hydrogens is 119 g/mol. The van der Waals surface area contributed by atoms with Crippen molar-refractivity contribution in [3.63, 3.8) is 0 Å². The summed E-state index contributed by atoms with van der Waals surface area (Å²) < 4.78 is 9.92. The Labute approximate surface area is 52.7 Å². The van der Waals surface area contributed by atoms with Gasteiger partial charge in [0.15, 0.2) is 8.46 Å². The molecule has 1 nitrogen and oxygen atoms in total. The van der Waals surface area contributed by atoms with Crippen LogP contribution in [0.5, 0.6) is 0 Å². The third kappa shape index (κ3) is 4.26. The summed E-state index contributed by atoms with van der Waals surface area (Å²) in [6.07, 6.45) is 3.13. The summed E-state index contributed by atoms with van der Waals surface area (Å²) in [5, 5.41) is 0. The molecule has 0 bridgehead atoms. The number of rotatable bonds is 4. The minimum atomic E-state index is 0.299. The summed E-state index contributed by atoms with van der Waals surface area (Å²) in [6.45, 7) is 4.34. The average molecular weight is 132 g/mol. The van der Waals surface area contributed by atoms with Gasteiger partial charge in [-0.2, -0.15) is 0 Å². The van der Waals surface area contributed by atoms with E-state index in [1.807, 2.05) is 0 Å². The molecule has 0 aliphatic rings. The van der Waals surface area contributed by atoms with Crippen LogP contribution in [0.25, 0.3) is 0 Å². The lowest BCUT2D eigenvalue weighted by atomic mass is 10.1. The monoisotopic (exact) mass is 132 g/mol. The molecule has 1 atom stereocenters. The third-order valence-electron chi connectivity index (χ3n) is 1.41. The fraction of sp³-hybridized carbons (Fsp3) is 1.00. The van der Waals surface area contributed by atoms with Crippen LogP contribution in [0.1, 0.15) is 26.7 Å². The van der Waals surface area contributed by atoms with Crippen LogP contribution in [-0.2, 0) is 4.57 Å². The fourth-order valence-corrected chi connectivity index (χ4v) is 1.02. The largest absolute Gasteiger partial charge is 0.275 e. The average Bonchev–Trinajstić information content (AvgIpc) is 1.83. The molecular formula is C6H13OP. The van der Waals surface area contributed by atoms with E-state index < -0.39 is 0 Å². The molecule has 0 aliphatic carbocycles. The van der Waals surface area contributed by atoms with E-state index in [9.17, 15) is 4.57 Å². The summed E-state index contributed by atoms with van der Waals surface area (Å²) in [4.78, 5) is 0. The van der Waals surface area contributed by atoms with Crippen molar-refractivity contribution in [1.82, 2.24) is 0 Å². The lowest BCUT2D eigenvalue weighted by Gasteiger charge is -2.01. The second kappa shape index (κ2) is 5.24. The molecule has 0 saturated heterocycles. The van der Waals surface area contributed by atoms with Crippen molar-refractivity contribution in [3.05, 3.63) is 0 Å². The number of hydrogen-bond donors (Lipinski definition) is 0. The zero-order chi connectivity index (χ0) is 6.41. The first-order valence-corrected chi connectivity index (χ1v) is 4.10. The van der Waals surface area contributed by atoms with Crippen molar-refractivity contribution in [1.29, 1.82) is 0 Å². The molecule has 2 heteroatoms. The third-order valence-corrected chi connectivity index (χ3v) is 1.85. The van der Waals surface area contributed by atoms with Gasteiger partial charge in [0.2, 0.25) is 0 Å². The highest BCUT2D eigenvalue weighted by molar-refractivity contribution is 7.23. The van der Waals surface area contributed by atoms with Crippen LogP contribution in [0.3, 0.4) is 0 Å². The molecule has 0 rings (SSSR count). The van der Waals surface area contributed by atoms with Crippen molar-refractivity contribution in [3.8, 4) is 0 Å². The molecule has 48 valence electrons. The molecule has 0 spiro atoms. The first kappa shape index (κ1) is 8.10. The Morgan fingerprint density at radius 1 is 1.62 bits per heavy atom. The highest BCUT2D eigenvalue weighted by atomic mass is 31.1. The zero-order valence-corrected chi connectivity index (χ0v) is 6.45. The molecule has 8 heavy (non-hydrogen) atoms. The van der Waals surface area contributed by atoms with E-state index in [2.05, 4.69) is 13.8 Å². The van der Waals surface area contributed by atoms with Gasteiger partial charge in [-0.15, -0.1) is 0 Å². The fourth-order valence-electron chi connectivity index (χ4n) is 0.477. The van der Waals surface area contributed by atoms with Crippen molar-refractivity contribution in [2.24, 2.45) is 5.92 Å². The van der Waals surface area contributed by atoms with Gasteiger partial charge in [0.1, 0.15) is 0 Å². The van der Waals surface area contributed by atoms with E-state index in [4.69, 9.17) is 0 Å². The van der Waals surface area contributed by atoms with Crippen LogP contribution >= 0.6 is 8.46 Å². The van der Waals surface area contributed by atoms with Crippen LogP contribution in [0.2, 0.25) is 0 Å². The highest BCUT2D eigenvalue weighted by Gasteiger charge is 1.95. The predicted octanol–water partition coefficient (Wildman–Crippen LogP) is 2.71.